The highest BCUT2D eigenvalue weighted by molar-refractivity contribution is 7.98. The molecule has 0 aliphatic carbocycles. The van der Waals surface area contributed by atoms with Crippen LogP contribution in [0.5, 0.6) is 5.75 Å². The molecular formula is C19H22N2O2S. The van der Waals surface area contributed by atoms with Gasteiger partial charge in [0.25, 0.3) is 0 Å². The van der Waals surface area contributed by atoms with Gasteiger partial charge in [-0.3, -0.25) is 9.69 Å². The van der Waals surface area contributed by atoms with Crippen molar-refractivity contribution in [2.75, 3.05) is 24.2 Å². The molecule has 1 aliphatic rings. The number of thioether (sulfide) groups is 1. The summed E-state index contributed by atoms with van der Waals surface area (Å²) in [5.74, 6) is 0.384. The minimum atomic E-state index is 0.108. The van der Waals surface area contributed by atoms with Crippen LogP contribution in [0.3, 0.4) is 0 Å². The third-order valence-electron chi connectivity index (χ3n) is 4.25. The van der Waals surface area contributed by atoms with Gasteiger partial charge in [-0.2, -0.15) is 0 Å². The van der Waals surface area contributed by atoms with Gasteiger partial charge in [0.2, 0.25) is 5.91 Å². The molecule has 1 heterocycles. The first kappa shape index (κ1) is 16.9. The van der Waals surface area contributed by atoms with Crippen LogP contribution in [0.25, 0.3) is 0 Å². The number of phenols is 1. The van der Waals surface area contributed by atoms with Gasteiger partial charge in [-0.15, -0.1) is 11.8 Å². The molecule has 0 bridgehead atoms. The van der Waals surface area contributed by atoms with E-state index < -0.39 is 0 Å². The normalized spacial score (nSPS) is 18.8. The number of hydrogen-bond acceptors (Lipinski definition) is 4. The van der Waals surface area contributed by atoms with Gasteiger partial charge in [-0.1, -0.05) is 24.3 Å². The standard InChI is InChI=1S/C19H22N2O2S/c1-14-11-20(12-15-6-5-7-16(22)10-15)13-19(23)21(14)17-8-3-4-9-18(17)24-2/h3-10,14,22H,11-13H2,1-2H3. The van der Waals surface area contributed by atoms with Gasteiger partial charge in [-0.05, 0) is 43.0 Å². The smallest absolute Gasteiger partial charge is 0.241 e. The van der Waals surface area contributed by atoms with Crippen molar-refractivity contribution in [1.82, 2.24) is 4.90 Å². The Morgan fingerprint density at radius 2 is 2.00 bits per heavy atom. The predicted molar refractivity (Wildman–Crippen MR) is 98.6 cm³/mol. The molecular weight excluding hydrogens is 320 g/mol. The lowest BCUT2D eigenvalue weighted by molar-refractivity contribution is -0.122. The molecule has 1 fully saturated rings. The fourth-order valence-electron chi connectivity index (χ4n) is 3.27. The quantitative estimate of drug-likeness (QED) is 0.866. The second-order valence-electron chi connectivity index (χ2n) is 6.12. The van der Waals surface area contributed by atoms with Crippen molar-refractivity contribution in [3.8, 4) is 5.75 Å². The third-order valence-corrected chi connectivity index (χ3v) is 5.04. The minimum Gasteiger partial charge on any atom is -0.508 e. The maximum Gasteiger partial charge on any atom is 0.241 e. The zero-order chi connectivity index (χ0) is 17.1. The lowest BCUT2D eigenvalue weighted by atomic mass is 10.1. The van der Waals surface area contributed by atoms with Crippen molar-refractivity contribution in [2.24, 2.45) is 0 Å². The summed E-state index contributed by atoms with van der Waals surface area (Å²) >= 11 is 1.66. The zero-order valence-electron chi connectivity index (χ0n) is 14.0. The number of nitrogens with zero attached hydrogens (tertiary/aromatic N) is 2. The van der Waals surface area contributed by atoms with Crippen LogP contribution in [0, 0.1) is 0 Å². The van der Waals surface area contributed by atoms with Crippen LogP contribution >= 0.6 is 11.8 Å². The van der Waals surface area contributed by atoms with E-state index in [1.54, 1.807) is 23.9 Å². The molecule has 0 saturated carbocycles. The largest absolute Gasteiger partial charge is 0.508 e. The highest BCUT2D eigenvalue weighted by Crippen LogP contribution is 2.31. The lowest BCUT2D eigenvalue weighted by Crippen LogP contribution is -2.55. The molecule has 2 aromatic rings. The summed E-state index contributed by atoms with van der Waals surface area (Å²) in [7, 11) is 0. The second-order valence-corrected chi connectivity index (χ2v) is 6.97. The first-order chi connectivity index (χ1) is 11.6. The number of hydrogen-bond donors (Lipinski definition) is 1. The molecule has 3 rings (SSSR count). The Labute approximate surface area is 147 Å². The highest BCUT2D eigenvalue weighted by Gasteiger charge is 2.31. The first-order valence-corrected chi connectivity index (χ1v) is 9.26. The summed E-state index contributed by atoms with van der Waals surface area (Å²) < 4.78 is 0. The Balaban J connectivity index is 1.76. The van der Waals surface area contributed by atoms with Gasteiger partial charge < -0.3 is 10.0 Å². The average molecular weight is 342 g/mol. The number of benzene rings is 2. The molecule has 0 spiro atoms. The molecule has 0 radical (unpaired) electrons. The molecule has 5 heteroatoms. The number of carbonyl (C=O) groups is 1. The third kappa shape index (κ3) is 3.57. The fourth-order valence-corrected chi connectivity index (χ4v) is 3.86. The molecule has 126 valence electrons. The molecule has 1 aliphatic heterocycles. The predicted octanol–water partition coefficient (Wildman–Crippen LogP) is 3.35. The summed E-state index contributed by atoms with van der Waals surface area (Å²) in [4.78, 5) is 18.0. The number of aromatic hydroxyl groups is 1. The zero-order valence-corrected chi connectivity index (χ0v) is 14.8. The summed E-state index contributed by atoms with van der Waals surface area (Å²) in [6.07, 6.45) is 2.03. The van der Waals surface area contributed by atoms with Crippen LogP contribution in [-0.4, -0.2) is 41.3 Å². The molecule has 1 atom stereocenters. The van der Waals surface area contributed by atoms with E-state index in [2.05, 4.69) is 17.9 Å². The van der Waals surface area contributed by atoms with E-state index in [1.807, 2.05) is 41.5 Å². The molecule has 24 heavy (non-hydrogen) atoms. The molecule has 1 N–H and O–H groups in total. The number of piperazine rings is 1. The van der Waals surface area contributed by atoms with E-state index in [1.165, 1.54) is 0 Å². The molecule has 1 unspecified atom stereocenters. The topological polar surface area (TPSA) is 43.8 Å². The van der Waals surface area contributed by atoms with E-state index in [-0.39, 0.29) is 17.7 Å². The molecule has 4 nitrogen and oxygen atoms in total. The summed E-state index contributed by atoms with van der Waals surface area (Å²) in [6.45, 7) is 3.96. The second kappa shape index (κ2) is 7.28. The van der Waals surface area contributed by atoms with Crippen molar-refractivity contribution < 1.29 is 9.90 Å². The summed E-state index contributed by atoms with van der Waals surface area (Å²) in [5.41, 5.74) is 2.02. The van der Waals surface area contributed by atoms with E-state index in [0.29, 0.717) is 13.1 Å². The van der Waals surface area contributed by atoms with Gasteiger partial charge in [0, 0.05) is 24.0 Å². The van der Waals surface area contributed by atoms with Crippen LogP contribution < -0.4 is 4.90 Å². The van der Waals surface area contributed by atoms with Gasteiger partial charge >= 0.3 is 0 Å². The number of para-hydroxylation sites is 1. The van der Waals surface area contributed by atoms with E-state index in [9.17, 15) is 9.90 Å². The maximum absolute atomic E-state index is 12.8. The Morgan fingerprint density at radius 3 is 2.71 bits per heavy atom. The Morgan fingerprint density at radius 1 is 1.21 bits per heavy atom. The van der Waals surface area contributed by atoms with Gasteiger partial charge in [0.05, 0.1) is 12.2 Å². The number of anilines is 1. The molecule has 0 aromatic heterocycles. The van der Waals surface area contributed by atoms with E-state index in [0.717, 1.165) is 22.7 Å². The van der Waals surface area contributed by atoms with Crippen molar-refractivity contribution in [3.63, 3.8) is 0 Å². The van der Waals surface area contributed by atoms with Crippen LogP contribution in [-0.2, 0) is 11.3 Å². The molecule has 2 aromatic carbocycles. The lowest BCUT2D eigenvalue weighted by Gasteiger charge is -2.40. The van der Waals surface area contributed by atoms with Gasteiger partial charge in [-0.25, -0.2) is 0 Å². The van der Waals surface area contributed by atoms with Crippen LogP contribution in [0.1, 0.15) is 12.5 Å². The number of carbonyl (C=O) groups excluding carboxylic acids is 1. The number of rotatable bonds is 4. The monoisotopic (exact) mass is 342 g/mol. The average Bonchev–Trinajstić information content (AvgIpc) is 2.54. The fraction of sp³-hybridized carbons (Fsp3) is 0.316. The Hall–Kier alpha value is -1.98. The Bertz CT molecular complexity index is 735. The van der Waals surface area contributed by atoms with Crippen LogP contribution in [0.4, 0.5) is 5.69 Å². The first-order valence-electron chi connectivity index (χ1n) is 8.04. The maximum atomic E-state index is 12.8. The molecule has 1 saturated heterocycles. The summed E-state index contributed by atoms with van der Waals surface area (Å²) in [5, 5.41) is 9.60. The minimum absolute atomic E-state index is 0.108. The van der Waals surface area contributed by atoms with E-state index in [4.69, 9.17) is 0 Å². The van der Waals surface area contributed by atoms with Crippen LogP contribution in [0.2, 0.25) is 0 Å². The SMILES string of the molecule is CSc1ccccc1N1C(=O)CN(Cc2cccc(O)c2)CC1C. The van der Waals surface area contributed by atoms with Crippen LogP contribution in [0.15, 0.2) is 53.4 Å². The van der Waals surface area contributed by atoms with Gasteiger partial charge in [0.15, 0.2) is 0 Å². The van der Waals surface area contributed by atoms with Crippen molar-refractivity contribution >= 4 is 23.4 Å². The van der Waals surface area contributed by atoms with Crippen molar-refractivity contribution in [2.45, 2.75) is 24.4 Å². The summed E-state index contributed by atoms with van der Waals surface area (Å²) in [6, 6.07) is 15.4. The molecule has 1 amide bonds. The van der Waals surface area contributed by atoms with Crippen molar-refractivity contribution in [1.29, 1.82) is 0 Å². The van der Waals surface area contributed by atoms with E-state index >= 15 is 0 Å². The Kier molecular flexibility index (Phi) is 5.11. The van der Waals surface area contributed by atoms with Gasteiger partial charge in [0.1, 0.15) is 5.75 Å². The number of amides is 1. The van der Waals surface area contributed by atoms with Crippen molar-refractivity contribution in [3.05, 3.63) is 54.1 Å². The number of phenolic OH excluding ortho intramolecular Hbond substituents is 1. The highest BCUT2D eigenvalue weighted by atomic mass is 32.2.